The van der Waals surface area contributed by atoms with E-state index in [9.17, 15) is 14.3 Å². The van der Waals surface area contributed by atoms with Crippen LogP contribution in [0.1, 0.15) is 56.6 Å². The van der Waals surface area contributed by atoms with E-state index in [1.54, 1.807) is 19.2 Å². The maximum Gasteiger partial charge on any atom is 0.223 e. The lowest BCUT2D eigenvalue weighted by Crippen LogP contribution is -2.38. The van der Waals surface area contributed by atoms with Crippen LogP contribution in [0.15, 0.2) is 24.3 Å². The number of rotatable bonds is 7. The van der Waals surface area contributed by atoms with E-state index in [1.165, 1.54) is 12.1 Å². The molecular weight excluding hydrogens is 321 g/mol. The molecule has 1 atom stereocenters. The number of hydrogen-bond donors (Lipinski definition) is 1. The molecule has 2 aliphatic carbocycles. The predicted octanol–water partition coefficient (Wildman–Crippen LogP) is 3.45. The molecule has 138 valence electrons. The number of ether oxygens (including phenoxy) is 1. The van der Waals surface area contributed by atoms with Gasteiger partial charge in [-0.3, -0.25) is 4.79 Å². The molecule has 2 aliphatic rings. The maximum atomic E-state index is 13.0. The monoisotopic (exact) mass is 349 g/mol. The average Bonchev–Trinajstić information content (AvgIpc) is 3.45. The largest absolute Gasteiger partial charge is 0.387 e. The fourth-order valence-corrected chi connectivity index (χ4v) is 3.75. The summed E-state index contributed by atoms with van der Waals surface area (Å²) in [4.78, 5) is 14.6. The van der Waals surface area contributed by atoms with Crippen molar-refractivity contribution in [1.82, 2.24) is 4.90 Å². The van der Waals surface area contributed by atoms with Gasteiger partial charge in [-0.05, 0) is 62.1 Å². The minimum Gasteiger partial charge on any atom is -0.387 e. The molecule has 0 aromatic heterocycles. The Hall–Kier alpha value is -1.46. The predicted molar refractivity (Wildman–Crippen MR) is 93.5 cm³/mol. The normalized spacial score (nSPS) is 24.8. The molecule has 1 aromatic carbocycles. The fourth-order valence-electron chi connectivity index (χ4n) is 3.75. The van der Waals surface area contributed by atoms with Crippen molar-refractivity contribution in [2.24, 2.45) is 5.92 Å². The number of aliphatic hydroxyl groups is 1. The molecular formula is C20H28FNO3. The molecule has 1 aromatic rings. The van der Waals surface area contributed by atoms with Crippen molar-refractivity contribution in [3.05, 3.63) is 35.6 Å². The highest BCUT2D eigenvalue weighted by Crippen LogP contribution is 2.33. The van der Waals surface area contributed by atoms with E-state index in [-0.39, 0.29) is 17.8 Å². The van der Waals surface area contributed by atoms with E-state index in [1.807, 2.05) is 4.90 Å². The molecule has 25 heavy (non-hydrogen) atoms. The van der Waals surface area contributed by atoms with Crippen LogP contribution >= 0.6 is 0 Å². The summed E-state index contributed by atoms with van der Waals surface area (Å²) in [5.74, 6) is 0.241. The number of carbonyl (C=O) groups is 1. The zero-order chi connectivity index (χ0) is 17.8. The lowest BCUT2D eigenvalue weighted by atomic mass is 9.85. The molecule has 2 saturated carbocycles. The Balaban J connectivity index is 1.55. The molecule has 0 radical (unpaired) electrons. The number of amides is 1. The van der Waals surface area contributed by atoms with E-state index in [0.717, 1.165) is 38.5 Å². The third-order valence-corrected chi connectivity index (χ3v) is 5.52. The molecule has 4 nitrogen and oxygen atoms in total. The summed E-state index contributed by atoms with van der Waals surface area (Å²) in [5, 5.41) is 10.4. The standard InChI is InChI=1S/C20H28FNO3/c1-25-18-10-2-14(3-11-18)12-20(24)22(17-8-9-17)13-19(23)15-4-6-16(21)7-5-15/h4-7,14,17-19,23H,2-3,8-13H2,1H3. The van der Waals surface area contributed by atoms with Crippen LogP contribution in [0, 0.1) is 11.7 Å². The third-order valence-electron chi connectivity index (χ3n) is 5.52. The van der Waals surface area contributed by atoms with Gasteiger partial charge in [0.15, 0.2) is 0 Å². The van der Waals surface area contributed by atoms with Crippen molar-refractivity contribution < 1.29 is 19.0 Å². The number of hydrogen-bond acceptors (Lipinski definition) is 3. The first-order valence-electron chi connectivity index (χ1n) is 9.32. The van der Waals surface area contributed by atoms with Crippen LogP contribution in [-0.4, -0.2) is 41.7 Å². The highest BCUT2D eigenvalue weighted by Gasteiger charge is 2.35. The van der Waals surface area contributed by atoms with Crippen LogP contribution in [0.2, 0.25) is 0 Å². The van der Waals surface area contributed by atoms with E-state index < -0.39 is 6.10 Å². The Labute approximate surface area is 149 Å². The van der Waals surface area contributed by atoms with Crippen molar-refractivity contribution >= 4 is 5.91 Å². The third kappa shape index (κ3) is 5.02. The second-order valence-electron chi connectivity index (χ2n) is 7.43. The van der Waals surface area contributed by atoms with Crippen LogP contribution in [0.5, 0.6) is 0 Å². The Bertz CT molecular complexity index is 565. The van der Waals surface area contributed by atoms with Crippen molar-refractivity contribution in [3.63, 3.8) is 0 Å². The molecule has 0 saturated heterocycles. The summed E-state index contributed by atoms with van der Waals surface area (Å²) in [7, 11) is 1.75. The van der Waals surface area contributed by atoms with Gasteiger partial charge in [0.25, 0.3) is 0 Å². The topological polar surface area (TPSA) is 49.8 Å². The molecule has 1 N–H and O–H groups in total. The Morgan fingerprint density at radius 1 is 1.20 bits per heavy atom. The molecule has 3 rings (SSSR count). The second kappa shape index (κ2) is 8.28. The van der Waals surface area contributed by atoms with E-state index in [0.29, 0.717) is 30.6 Å². The molecule has 0 aliphatic heterocycles. The van der Waals surface area contributed by atoms with E-state index >= 15 is 0 Å². The lowest BCUT2D eigenvalue weighted by molar-refractivity contribution is -0.134. The molecule has 2 fully saturated rings. The van der Waals surface area contributed by atoms with Crippen molar-refractivity contribution in [2.45, 2.75) is 63.2 Å². The summed E-state index contributed by atoms with van der Waals surface area (Å²) < 4.78 is 18.4. The molecule has 5 heteroatoms. The zero-order valence-electron chi connectivity index (χ0n) is 14.9. The Kier molecular flexibility index (Phi) is 6.07. The number of benzene rings is 1. The minimum atomic E-state index is -0.769. The fraction of sp³-hybridized carbons (Fsp3) is 0.650. The summed E-state index contributed by atoms with van der Waals surface area (Å²) >= 11 is 0. The lowest BCUT2D eigenvalue weighted by Gasteiger charge is -2.30. The van der Waals surface area contributed by atoms with Gasteiger partial charge in [0, 0.05) is 19.6 Å². The first-order chi connectivity index (χ1) is 12.1. The van der Waals surface area contributed by atoms with Gasteiger partial charge in [0.2, 0.25) is 5.91 Å². The first kappa shape index (κ1) is 18.3. The van der Waals surface area contributed by atoms with Crippen LogP contribution in [0.4, 0.5) is 4.39 Å². The van der Waals surface area contributed by atoms with Crippen LogP contribution in [-0.2, 0) is 9.53 Å². The summed E-state index contributed by atoms with van der Waals surface area (Å²) in [6.45, 7) is 0.294. The zero-order valence-corrected chi connectivity index (χ0v) is 14.9. The van der Waals surface area contributed by atoms with Gasteiger partial charge in [0.1, 0.15) is 5.82 Å². The van der Waals surface area contributed by atoms with Gasteiger partial charge >= 0.3 is 0 Å². The number of methoxy groups -OCH3 is 1. The number of halogens is 1. The number of aliphatic hydroxyl groups excluding tert-OH is 1. The smallest absolute Gasteiger partial charge is 0.223 e. The maximum absolute atomic E-state index is 13.0. The number of nitrogens with zero attached hydrogens (tertiary/aromatic N) is 1. The highest BCUT2D eigenvalue weighted by molar-refractivity contribution is 5.77. The second-order valence-corrected chi connectivity index (χ2v) is 7.43. The van der Waals surface area contributed by atoms with Crippen molar-refractivity contribution in [1.29, 1.82) is 0 Å². The van der Waals surface area contributed by atoms with E-state index in [2.05, 4.69) is 0 Å². The van der Waals surface area contributed by atoms with Crippen LogP contribution < -0.4 is 0 Å². The molecule has 0 spiro atoms. The van der Waals surface area contributed by atoms with Gasteiger partial charge < -0.3 is 14.7 Å². The molecule has 1 amide bonds. The van der Waals surface area contributed by atoms with Crippen LogP contribution in [0.3, 0.4) is 0 Å². The Morgan fingerprint density at radius 2 is 1.84 bits per heavy atom. The molecule has 0 heterocycles. The average molecular weight is 349 g/mol. The van der Waals surface area contributed by atoms with Crippen molar-refractivity contribution in [3.8, 4) is 0 Å². The van der Waals surface area contributed by atoms with Gasteiger partial charge in [-0.2, -0.15) is 0 Å². The molecule has 1 unspecified atom stereocenters. The minimum absolute atomic E-state index is 0.143. The molecule has 0 bridgehead atoms. The first-order valence-corrected chi connectivity index (χ1v) is 9.32. The van der Waals surface area contributed by atoms with E-state index in [4.69, 9.17) is 4.74 Å². The summed E-state index contributed by atoms with van der Waals surface area (Å²) in [5.41, 5.74) is 0.653. The summed E-state index contributed by atoms with van der Waals surface area (Å²) in [6, 6.07) is 6.12. The van der Waals surface area contributed by atoms with Gasteiger partial charge in [0.05, 0.1) is 18.8 Å². The van der Waals surface area contributed by atoms with Crippen molar-refractivity contribution in [2.75, 3.05) is 13.7 Å². The SMILES string of the molecule is COC1CCC(CC(=O)N(CC(O)c2ccc(F)cc2)C2CC2)CC1. The number of carbonyl (C=O) groups excluding carboxylic acids is 1. The Morgan fingerprint density at radius 3 is 2.40 bits per heavy atom. The van der Waals surface area contributed by atoms with Gasteiger partial charge in [-0.25, -0.2) is 4.39 Å². The summed E-state index contributed by atoms with van der Waals surface area (Å²) in [6.07, 6.45) is 6.26. The highest BCUT2D eigenvalue weighted by atomic mass is 19.1. The van der Waals surface area contributed by atoms with Gasteiger partial charge in [-0.1, -0.05) is 12.1 Å². The van der Waals surface area contributed by atoms with Gasteiger partial charge in [-0.15, -0.1) is 0 Å². The quantitative estimate of drug-likeness (QED) is 0.820. The van der Waals surface area contributed by atoms with Crippen LogP contribution in [0.25, 0.3) is 0 Å².